The van der Waals surface area contributed by atoms with Crippen molar-refractivity contribution in [2.24, 2.45) is 17.3 Å². The van der Waals surface area contributed by atoms with Gasteiger partial charge in [0.2, 0.25) is 0 Å². The summed E-state index contributed by atoms with van der Waals surface area (Å²) in [5.74, 6) is -1.36. The minimum Gasteiger partial charge on any atom is -0.481 e. The van der Waals surface area contributed by atoms with Crippen LogP contribution in [0.25, 0.3) is 0 Å². The van der Waals surface area contributed by atoms with Gasteiger partial charge in [-0.2, -0.15) is 0 Å². The summed E-state index contributed by atoms with van der Waals surface area (Å²) >= 11 is 0. The molecule has 0 unspecified atom stereocenters. The van der Waals surface area contributed by atoms with Gasteiger partial charge < -0.3 is 19.9 Å². The Hall–Kier alpha value is -1.79. The molecule has 0 saturated heterocycles. The molecule has 0 aromatic rings. The number of esters is 1. The maximum absolute atomic E-state index is 12.6. The number of rotatable bonds is 6. The number of carbonyl (C=O) groups is 3. The Labute approximate surface area is 162 Å². The number of carbonyl (C=O) groups excluding carboxylic acids is 2. The number of ether oxygens (including phenoxy) is 2. The highest BCUT2D eigenvalue weighted by atomic mass is 16.6. The van der Waals surface area contributed by atoms with Gasteiger partial charge in [-0.05, 0) is 72.1 Å². The predicted molar refractivity (Wildman–Crippen MR) is 101 cm³/mol. The number of alkyl carbamates (subject to hydrolysis) is 1. The average Bonchev–Trinajstić information content (AvgIpc) is 2.50. The molecule has 1 fully saturated rings. The molecule has 1 amide bonds. The molecule has 7 nitrogen and oxygen atoms in total. The summed E-state index contributed by atoms with van der Waals surface area (Å²) in [6.45, 7) is 12.4. The minimum absolute atomic E-state index is 0.0609. The van der Waals surface area contributed by atoms with Gasteiger partial charge in [0, 0.05) is 0 Å². The number of carboxylic acids is 1. The van der Waals surface area contributed by atoms with Gasteiger partial charge in [-0.25, -0.2) is 9.59 Å². The van der Waals surface area contributed by atoms with E-state index in [-0.39, 0.29) is 17.9 Å². The molecule has 1 aliphatic carbocycles. The van der Waals surface area contributed by atoms with Crippen LogP contribution >= 0.6 is 0 Å². The Morgan fingerprint density at radius 1 is 1.00 bits per heavy atom. The number of hydrogen-bond acceptors (Lipinski definition) is 5. The van der Waals surface area contributed by atoms with E-state index in [1.54, 1.807) is 34.6 Å². The van der Waals surface area contributed by atoms with Crippen molar-refractivity contribution < 1.29 is 29.0 Å². The number of amides is 1. The topological polar surface area (TPSA) is 102 Å². The number of nitrogens with one attached hydrogen (secondary N) is 1. The lowest BCUT2D eigenvalue weighted by atomic mass is 9.70. The summed E-state index contributed by atoms with van der Waals surface area (Å²) in [7, 11) is 0. The zero-order chi connectivity index (χ0) is 21.0. The van der Waals surface area contributed by atoms with Gasteiger partial charge in [-0.15, -0.1) is 0 Å². The van der Waals surface area contributed by atoms with Crippen molar-refractivity contribution in [1.29, 1.82) is 0 Å². The van der Waals surface area contributed by atoms with E-state index in [9.17, 15) is 19.5 Å². The van der Waals surface area contributed by atoms with Crippen molar-refractivity contribution in [3.8, 4) is 0 Å². The highest BCUT2D eigenvalue weighted by Gasteiger charge is 2.40. The molecule has 2 N–H and O–H groups in total. The van der Waals surface area contributed by atoms with Crippen molar-refractivity contribution in [2.75, 3.05) is 0 Å². The molecular weight excluding hydrogens is 350 g/mol. The van der Waals surface area contributed by atoms with Crippen molar-refractivity contribution >= 4 is 18.0 Å². The summed E-state index contributed by atoms with van der Waals surface area (Å²) in [6, 6.07) is -0.784. The van der Waals surface area contributed by atoms with Crippen molar-refractivity contribution in [3.63, 3.8) is 0 Å². The van der Waals surface area contributed by atoms with E-state index in [2.05, 4.69) is 5.32 Å². The zero-order valence-electron chi connectivity index (χ0n) is 17.6. The molecule has 0 aromatic heterocycles. The third-order valence-electron chi connectivity index (χ3n) is 5.12. The molecule has 0 spiro atoms. The maximum Gasteiger partial charge on any atom is 0.408 e. The quantitative estimate of drug-likeness (QED) is 0.675. The third kappa shape index (κ3) is 7.03. The Kier molecular flexibility index (Phi) is 7.69. The molecular formula is C20H35NO6. The highest BCUT2D eigenvalue weighted by Crippen LogP contribution is 2.39. The second-order valence-corrected chi connectivity index (χ2v) is 9.31. The first kappa shape index (κ1) is 23.2. The molecule has 1 atom stereocenters. The smallest absolute Gasteiger partial charge is 0.408 e. The molecule has 27 heavy (non-hydrogen) atoms. The van der Waals surface area contributed by atoms with Gasteiger partial charge in [0.15, 0.2) is 0 Å². The molecule has 1 saturated carbocycles. The lowest BCUT2D eigenvalue weighted by Gasteiger charge is -2.36. The summed E-state index contributed by atoms with van der Waals surface area (Å²) in [5, 5.41) is 12.0. The molecule has 1 rings (SSSR count). The van der Waals surface area contributed by atoms with Crippen LogP contribution in [0.15, 0.2) is 0 Å². The predicted octanol–water partition coefficient (Wildman–Crippen LogP) is 3.75. The fraction of sp³-hybridized carbons (Fsp3) is 0.850. The Bertz CT molecular complexity index is 541. The summed E-state index contributed by atoms with van der Waals surface area (Å²) in [6.07, 6.45) is 1.76. The fourth-order valence-corrected chi connectivity index (χ4v) is 3.25. The van der Waals surface area contributed by atoms with Crippen LogP contribution in [-0.4, -0.2) is 40.9 Å². The maximum atomic E-state index is 12.6. The van der Waals surface area contributed by atoms with E-state index in [0.29, 0.717) is 25.7 Å². The Morgan fingerprint density at radius 3 is 1.93 bits per heavy atom. The van der Waals surface area contributed by atoms with E-state index < -0.39 is 35.1 Å². The van der Waals surface area contributed by atoms with Crippen LogP contribution in [0.3, 0.4) is 0 Å². The summed E-state index contributed by atoms with van der Waals surface area (Å²) in [5.41, 5.74) is -1.43. The lowest BCUT2D eigenvalue weighted by Crippen LogP contribution is -2.48. The number of carboxylic acid groups (broad SMARTS) is 1. The monoisotopic (exact) mass is 385 g/mol. The first-order chi connectivity index (χ1) is 12.2. The van der Waals surface area contributed by atoms with Gasteiger partial charge in [0.1, 0.15) is 17.7 Å². The normalized spacial score (nSPS) is 22.1. The molecule has 0 bridgehead atoms. The van der Waals surface area contributed by atoms with Crippen LogP contribution < -0.4 is 5.32 Å². The lowest BCUT2D eigenvalue weighted by molar-refractivity contribution is -0.158. The molecule has 1 aliphatic rings. The Balaban J connectivity index is 2.61. The van der Waals surface area contributed by atoms with Gasteiger partial charge in [0.25, 0.3) is 0 Å². The van der Waals surface area contributed by atoms with Gasteiger partial charge >= 0.3 is 18.0 Å². The third-order valence-corrected chi connectivity index (χ3v) is 5.12. The second kappa shape index (κ2) is 8.93. The SMILES string of the molecule is CC(C)[C@H](NC(=O)OC(C)(C)C)C(=O)OC1CCC(C(C)(C)C(=O)O)CC1. The van der Waals surface area contributed by atoms with Crippen LogP contribution in [0.1, 0.15) is 74.1 Å². The average molecular weight is 386 g/mol. The van der Waals surface area contributed by atoms with E-state index in [1.807, 2.05) is 13.8 Å². The molecule has 0 heterocycles. The van der Waals surface area contributed by atoms with E-state index in [4.69, 9.17) is 9.47 Å². The molecule has 7 heteroatoms. The number of hydrogen-bond donors (Lipinski definition) is 2. The Morgan fingerprint density at radius 2 is 1.52 bits per heavy atom. The first-order valence-corrected chi connectivity index (χ1v) is 9.67. The fourth-order valence-electron chi connectivity index (χ4n) is 3.25. The largest absolute Gasteiger partial charge is 0.481 e. The first-order valence-electron chi connectivity index (χ1n) is 9.67. The van der Waals surface area contributed by atoms with Crippen molar-refractivity contribution in [2.45, 2.75) is 91.9 Å². The highest BCUT2D eigenvalue weighted by molar-refractivity contribution is 5.81. The molecule has 0 aromatic carbocycles. The van der Waals surface area contributed by atoms with Crippen molar-refractivity contribution in [1.82, 2.24) is 5.32 Å². The molecule has 0 aliphatic heterocycles. The van der Waals surface area contributed by atoms with Crippen molar-refractivity contribution in [3.05, 3.63) is 0 Å². The van der Waals surface area contributed by atoms with Crippen LogP contribution in [0.4, 0.5) is 4.79 Å². The second-order valence-electron chi connectivity index (χ2n) is 9.31. The van der Waals surface area contributed by atoms with Crippen LogP contribution in [0, 0.1) is 17.3 Å². The van der Waals surface area contributed by atoms with Gasteiger partial charge in [0.05, 0.1) is 5.41 Å². The van der Waals surface area contributed by atoms with Gasteiger partial charge in [-0.3, -0.25) is 4.79 Å². The van der Waals surface area contributed by atoms with E-state index in [1.165, 1.54) is 0 Å². The van der Waals surface area contributed by atoms with E-state index >= 15 is 0 Å². The molecule has 156 valence electrons. The van der Waals surface area contributed by atoms with Crippen LogP contribution in [0.5, 0.6) is 0 Å². The molecule has 0 radical (unpaired) electrons. The van der Waals surface area contributed by atoms with Crippen LogP contribution in [0.2, 0.25) is 0 Å². The standard InChI is InChI=1S/C20H35NO6/c1-12(2)15(21-18(25)27-19(3,4)5)16(22)26-14-10-8-13(9-11-14)20(6,7)17(23)24/h12-15H,8-11H2,1-7H3,(H,21,25)(H,23,24)/t13?,14?,15-/m0/s1. The van der Waals surface area contributed by atoms with E-state index in [0.717, 1.165) is 0 Å². The summed E-state index contributed by atoms with van der Waals surface area (Å²) < 4.78 is 10.8. The number of aliphatic carboxylic acids is 1. The summed E-state index contributed by atoms with van der Waals surface area (Å²) in [4.78, 5) is 36.0. The van der Waals surface area contributed by atoms with Crippen LogP contribution in [-0.2, 0) is 19.1 Å². The minimum atomic E-state index is -0.802. The zero-order valence-corrected chi connectivity index (χ0v) is 17.6. The van der Waals surface area contributed by atoms with Gasteiger partial charge in [-0.1, -0.05) is 13.8 Å².